The number of fused-ring (bicyclic) bond motifs is 1. The molecule has 2 heterocycles. The van der Waals surface area contributed by atoms with Crippen LogP contribution in [0.4, 0.5) is 0 Å². The summed E-state index contributed by atoms with van der Waals surface area (Å²) >= 11 is 0. The van der Waals surface area contributed by atoms with E-state index in [1.807, 2.05) is 0 Å². The summed E-state index contributed by atoms with van der Waals surface area (Å²) in [6.07, 6.45) is 0. The monoisotopic (exact) mass is 374 g/mol. The number of hydrogen-bond acceptors (Lipinski definition) is 5. The van der Waals surface area contributed by atoms with Gasteiger partial charge in [-0.2, -0.15) is 0 Å². The Hall–Kier alpha value is -2.45. The van der Waals surface area contributed by atoms with Crippen LogP contribution in [0, 0.1) is 0 Å². The van der Waals surface area contributed by atoms with Crippen molar-refractivity contribution in [2.24, 2.45) is 0 Å². The van der Waals surface area contributed by atoms with E-state index in [0.717, 1.165) is 19.6 Å². The maximum Gasteiger partial charge on any atom is 0.332 e. The topological polar surface area (TPSA) is 85.6 Å². The molecular weight excluding hydrogens is 348 g/mol. The summed E-state index contributed by atoms with van der Waals surface area (Å²) in [6.45, 7) is 7.85. The smallest absolute Gasteiger partial charge is 0.332 e. The second-order valence-electron chi connectivity index (χ2n) is 6.96. The van der Waals surface area contributed by atoms with E-state index in [-0.39, 0.29) is 24.1 Å². The van der Waals surface area contributed by atoms with E-state index in [9.17, 15) is 14.4 Å². The average molecular weight is 374 g/mol. The number of benzene rings is 1. The average Bonchev–Trinajstić information content (AvgIpc) is 2.66. The fourth-order valence-electron chi connectivity index (χ4n) is 3.33. The normalized spacial score (nSPS) is 15.4. The van der Waals surface area contributed by atoms with E-state index in [1.165, 1.54) is 9.13 Å². The quantitative estimate of drug-likeness (QED) is 0.780. The predicted octanol–water partition coefficient (Wildman–Crippen LogP) is 0.193. The molecule has 0 radical (unpaired) electrons. The van der Waals surface area contributed by atoms with Crippen molar-refractivity contribution in [2.45, 2.75) is 26.4 Å². The first-order valence-corrected chi connectivity index (χ1v) is 9.30. The van der Waals surface area contributed by atoms with Gasteiger partial charge in [0.05, 0.1) is 24.1 Å². The molecule has 3 rings (SSSR count). The highest BCUT2D eigenvalue weighted by Gasteiger charge is 2.17. The zero-order valence-corrected chi connectivity index (χ0v) is 15.8. The van der Waals surface area contributed by atoms with Gasteiger partial charge in [-0.25, -0.2) is 4.79 Å². The van der Waals surface area contributed by atoms with Crippen LogP contribution in [0.25, 0.3) is 10.9 Å². The Labute approximate surface area is 157 Å². The lowest BCUT2D eigenvalue weighted by molar-refractivity contribution is -0.121. The van der Waals surface area contributed by atoms with Crippen LogP contribution in [-0.4, -0.2) is 59.3 Å². The van der Waals surface area contributed by atoms with Crippen molar-refractivity contribution in [3.8, 4) is 0 Å². The zero-order chi connectivity index (χ0) is 19.4. The molecule has 8 heteroatoms. The van der Waals surface area contributed by atoms with Gasteiger partial charge in [0, 0.05) is 32.2 Å². The third-order valence-corrected chi connectivity index (χ3v) is 4.75. The number of ether oxygens (including phenoxy) is 1. The summed E-state index contributed by atoms with van der Waals surface area (Å²) in [5.74, 6) is -0.246. The third-order valence-electron chi connectivity index (χ3n) is 4.75. The highest BCUT2D eigenvalue weighted by atomic mass is 16.5. The minimum Gasteiger partial charge on any atom is -0.379 e. The Morgan fingerprint density at radius 3 is 2.59 bits per heavy atom. The summed E-state index contributed by atoms with van der Waals surface area (Å²) in [6, 6.07) is 6.61. The van der Waals surface area contributed by atoms with Gasteiger partial charge in [0.25, 0.3) is 5.56 Å². The number of rotatable bonds is 6. The maximum absolute atomic E-state index is 12.8. The van der Waals surface area contributed by atoms with Crippen LogP contribution in [0.2, 0.25) is 0 Å². The van der Waals surface area contributed by atoms with Gasteiger partial charge in [-0.15, -0.1) is 0 Å². The van der Waals surface area contributed by atoms with Crippen LogP contribution >= 0.6 is 0 Å². The Balaban J connectivity index is 1.78. The highest BCUT2D eigenvalue weighted by molar-refractivity contribution is 5.81. The van der Waals surface area contributed by atoms with E-state index >= 15 is 0 Å². The second kappa shape index (κ2) is 8.49. The molecule has 1 N–H and O–H groups in total. The molecule has 1 aliphatic heterocycles. The van der Waals surface area contributed by atoms with Crippen molar-refractivity contribution in [3.63, 3.8) is 0 Å². The molecule has 0 spiro atoms. The number of morpholine rings is 1. The SMILES string of the molecule is CC(C)n1c(=O)c2ccccc2n(CC(=O)NCCN2CCOCC2)c1=O. The van der Waals surface area contributed by atoms with E-state index in [4.69, 9.17) is 4.74 Å². The van der Waals surface area contributed by atoms with Crippen LogP contribution < -0.4 is 16.6 Å². The molecule has 1 aliphatic rings. The van der Waals surface area contributed by atoms with Gasteiger partial charge in [-0.1, -0.05) is 12.1 Å². The molecule has 0 saturated carbocycles. The molecule has 0 bridgehead atoms. The number of hydrogen-bond donors (Lipinski definition) is 1. The van der Waals surface area contributed by atoms with Crippen LogP contribution in [-0.2, 0) is 16.1 Å². The molecule has 1 saturated heterocycles. The van der Waals surface area contributed by atoms with Crippen LogP contribution in [0.15, 0.2) is 33.9 Å². The lowest BCUT2D eigenvalue weighted by atomic mass is 10.2. The third kappa shape index (κ3) is 4.28. The first-order valence-electron chi connectivity index (χ1n) is 9.30. The summed E-state index contributed by atoms with van der Waals surface area (Å²) in [7, 11) is 0. The molecule has 0 atom stereocenters. The van der Waals surface area contributed by atoms with E-state index in [2.05, 4.69) is 10.2 Å². The molecule has 1 amide bonds. The predicted molar refractivity (Wildman–Crippen MR) is 103 cm³/mol. The molecular formula is C19H26N4O4. The lowest BCUT2D eigenvalue weighted by Gasteiger charge is -2.26. The van der Waals surface area contributed by atoms with Gasteiger partial charge in [0.1, 0.15) is 6.54 Å². The lowest BCUT2D eigenvalue weighted by Crippen LogP contribution is -2.45. The van der Waals surface area contributed by atoms with Crippen molar-refractivity contribution < 1.29 is 9.53 Å². The Bertz CT molecular complexity index is 925. The number of amides is 1. The molecule has 1 aromatic heterocycles. The number of carbonyl (C=O) groups is 1. The van der Waals surface area contributed by atoms with Crippen LogP contribution in [0.5, 0.6) is 0 Å². The van der Waals surface area contributed by atoms with E-state index < -0.39 is 5.69 Å². The molecule has 2 aromatic rings. The number of carbonyl (C=O) groups excluding carboxylic acids is 1. The van der Waals surface area contributed by atoms with Gasteiger partial charge in [-0.3, -0.25) is 23.6 Å². The molecule has 1 aromatic carbocycles. The Morgan fingerprint density at radius 1 is 1.19 bits per heavy atom. The molecule has 0 unspecified atom stereocenters. The molecule has 0 aliphatic carbocycles. The van der Waals surface area contributed by atoms with Gasteiger partial charge in [0.2, 0.25) is 5.91 Å². The number of nitrogens with one attached hydrogen (secondary N) is 1. The summed E-state index contributed by atoms with van der Waals surface area (Å²) in [5.41, 5.74) is -0.306. The number of aromatic nitrogens is 2. The zero-order valence-electron chi connectivity index (χ0n) is 15.8. The fraction of sp³-hybridized carbons (Fsp3) is 0.526. The maximum atomic E-state index is 12.8. The summed E-state index contributed by atoms with van der Waals surface area (Å²) < 4.78 is 7.88. The number of para-hydroxylation sites is 1. The van der Waals surface area contributed by atoms with Crippen molar-refractivity contribution in [2.75, 3.05) is 39.4 Å². The van der Waals surface area contributed by atoms with Crippen molar-refractivity contribution >= 4 is 16.8 Å². The van der Waals surface area contributed by atoms with E-state index in [1.54, 1.807) is 38.1 Å². The second-order valence-corrected chi connectivity index (χ2v) is 6.96. The molecule has 27 heavy (non-hydrogen) atoms. The molecule has 8 nitrogen and oxygen atoms in total. The fourth-order valence-corrected chi connectivity index (χ4v) is 3.33. The van der Waals surface area contributed by atoms with Crippen molar-refractivity contribution in [1.82, 2.24) is 19.4 Å². The van der Waals surface area contributed by atoms with Gasteiger partial charge in [-0.05, 0) is 26.0 Å². The molecule has 146 valence electrons. The van der Waals surface area contributed by atoms with Crippen LogP contribution in [0.3, 0.4) is 0 Å². The van der Waals surface area contributed by atoms with Gasteiger partial charge >= 0.3 is 5.69 Å². The standard InChI is InChI=1S/C19H26N4O4/c1-14(2)23-18(25)15-5-3-4-6-16(15)22(19(23)26)13-17(24)20-7-8-21-9-11-27-12-10-21/h3-6,14H,7-13H2,1-2H3,(H,20,24). The van der Waals surface area contributed by atoms with Crippen LogP contribution in [0.1, 0.15) is 19.9 Å². The van der Waals surface area contributed by atoms with Crippen molar-refractivity contribution in [1.29, 1.82) is 0 Å². The minimum absolute atomic E-state index is 0.116. The first-order chi connectivity index (χ1) is 13.0. The summed E-state index contributed by atoms with van der Waals surface area (Å²) in [5, 5.41) is 3.30. The highest BCUT2D eigenvalue weighted by Crippen LogP contribution is 2.09. The van der Waals surface area contributed by atoms with E-state index in [0.29, 0.717) is 30.7 Å². The van der Waals surface area contributed by atoms with Gasteiger partial charge in [0.15, 0.2) is 0 Å². The minimum atomic E-state index is -0.461. The Kier molecular flexibility index (Phi) is 6.08. The first kappa shape index (κ1) is 19.3. The van der Waals surface area contributed by atoms with Crippen molar-refractivity contribution in [3.05, 3.63) is 45.1 Å². The number of nitrogens with zero attached hydrogens (tertiary/aromatic N) is 3. The van der Waals surface area contributed by atoms with Gasteiger partial charge < -0.3 is 10.1 Å². The Morgan fingerprint density at radius 2 is 1.89 bits per heavy atom. The summed E-state index contributed by atoms with van der Waals surface area (Å²) in [4.78, 5) is 40.1. The molecule has 1 fully saturated rings. The largest absolute Gasteiger partial charge is 0.379 e.